The van der Waals surface area contributed by atoms with Gasteiger partial charge in [-0.2, -0.15) is 0 Å². The minimum absolute atomic E-state index is 0.0777. The van der Waals surface area contributed by atoms with Crippen molar-refractivity contribution in [2.45, 2.75) is 19.4 Å². The first-order valence-corrected chi connectivity index (χ1v) is 9.14. The number of hydrogen-bond donors (Lipinski definition) is 0. The molecule has 0 saturated carbocycles. The topological polar surface area (TPSA) is 23.6 Å². The Bertz CT molecular complexity index is 760. The molecule has 1 saturated heterocycles. The average Bonchev–Trinajstić information content (AvgIpc) is 2.66. The molecule has 2 aromatic rings. The predicted molar refractivity (Wildman–Crippen MR) is 103 cm³/mol. The van der Waals surface area contributed by atoms with Gasteiger partial charge in [-0.3, -0.25) is 9.69 Å². The van der Waals surface area contributed by atoms with Gasteiger partial charge in [-0.25, -0.2) is 4.39 Å². The van der Waals surface area contributed by atoms with Gasteiger partial charge in [0, 0.05) is 32.2 Å². The predicted octanol–water partition coefficient (Wildman–Crippen LogP) is 4.08. The Morgan fingerprint density at radius 2 is 1.85 bits per heavy atom. The maximum absolute atomic E-state index is 13.9. The molecule has 0 aromatic heterocycles. The van der Waals surface area contributed by atoms with Gasteiger partial charge in [0.15, 0.2) is 0 Å². The van der Waals surface area contributed by atoms with Crippen LogP contribution < -0.4 is 0 Å². The zero-order chi connectivity index (χ0) is 18.4. The Hall–Kier alpha value is -2.46. The van der Waals surface area contributed by atoms with Crippen molar-refractivity contribution >= 4 is 12.0 Å². The van der Waals surface area contributed by atoms with Crippen LogP contribution in [0.15, 0.2) is 60.7 Å². The van der Waals surface area contributed by atoms with Gasteiger partial charge in [0.25, 0.3) is 5.91 Å². The van der Waals surface area contributed by atoms with E-state index in [1.54, 1.807) is 23.1 Å². The van der Waals surface area contributed by atoms with Gasteiger partial charge in [0.05, 0.1) is 5.56 Å². The molecule has 0 N–H and O–H groups in total. The third kappa shape index (κ3) is 4.58. The van der Waals surface area contributed by atoms with Crippen LogP contribution in [0.2, 0.25) is 0 Å². The second-order valence-corrected chi connectivity index (χ2v) is 6.73. The van der Waals surface area contributed by atoms with E-state index in [-0.39, 0.29) is 17.5 Å². The highest BCUT2D eigenvalue weighted by Crippen LogP contribution is 2.16. The number of nitrogens with zero attached hydrogens (tertiary/aromatic N) is 2. The summed E-state index contributed by atoms with van der Waals surface area (Å²) in [6, 6.07) is 16.6. The van der Waals surface area contributed by atoms with E-state index < -0.39 is 5.82 Å². The van der Waals surface area contributed by atoms with Crippen LogP contribution in [0.3, 0.4) is 0 Å². The SMILES string of the molecule is C[C@H]1CN(CC/C=C/c2ccccc2)CCN1C(=O)c1ccccc1F. The van der Waals surface area contributed by atoms with Crippen LogP contribution in [-0.2, 0) is 0 Å². The Balaban J connectivity index is 1.50. The summed E-state index contributed by atoms with van der Waals surface area (Å²) in [5.41, 5.74) is 1.37. The van der Waals surface area contributed by atoms with E-state index in [9.17, 15) is 9.18 Å². The minimum atomic E-state index is -0.446. The zero-order valence-electron chi connectivity index (χ0n) is 15.1. The second kappa shape index (κ2) is 8.77. The van der Waals surface area contributed by atoms with Crippen LogP contribution in [0, 0.1) is 5.82 Å². The molecule has 1 aliphatic rings. The molecule has 1 fully saturated rings. The number of carbonyl (C=O) groups excluding carboxylic acids is 1. The molecule has 1 atom stereocenters. The molecule has 26 heavy (non-hydrogen) atoms. The molecule has 2 aromatic carbocycles. The van der Waals surface area contributed by atoms with Crippen molar-refractivity contribution in [3.63, 3.8) is 0 Å². The molecule has 3 rings (SSSR count). The molecule has 0 unspecified atom stereocenters. The molecule has 0 bridgehead atoms. The lowest BCUT2D eigenvalue weighted by atomic mass is 10.1. The quantitative estimate of drug-likeness (QED) is 0.810. The minimum Gasteiger partial charge on any atom is -0.333 e. The van der Waals surface area contributed by atoms with Crippen molar-refractivity contribution in [3.8, 4) is 0 Å². The molecule has 0 radical (unpaired) electrons. The number of benzene rings is 2. The first kappa shape index (κ1) is 18.3. The van der Waals surface area contributed by atoms with Crippen molar-refractivity contribution in [3.05, 3.63) is 77.6 Å². The fourth-order valence-electron chi connectivity index (χ4n) is 3.37. The van der Waals surface area contributed by atoms with Gasteiger partial charge in [0.1, 0.15) is 5.82 Å². The standard InChI is InChI=1S/C22H25FN2O/c1-18-17-24(14-8-7-11-19-9-3-2-4-10-19)15-16-25(18)22(26)20-12-5-6-13-21(20)23/h2-7,9-13,18H,8,14-17H2,1H3/b11-7+/t18-/m0/s1. The van der Waals surface area contributed by atoms with Crippen LogP contribution in [0.25, 0.3) is 6.08 Å². The highest BCUT2D eigenvalue weighted by atomic mass is 19.1. The molecule has 4 heteroatoms. The van der Waals surface area contributed by atoms with Gasteiger partial charge >= 0.3 is 0 Å². The smallest absolute Gasteiger partial charge is 0.257 e. The van der Waals surface area contributed by atoms with E-state index in [2.05, 4.69) is 29.2 Å². The van der Waals surface area contributed by atoms with Crippen LogP contribution in [0.1, 0.15) is 29.3 Å². The lowest BCUT2D eigenvalue weighted by Gasteiger charge is -2.40. The first-order valence-electron chi connectivity index (χ1n) is 9.14. The largest absolute Gasteiger partial charge is 0.333 e. The summed E-state index contributed by atoms with van der Waals surface area (Å²) in [7, 11) is 0. The number of rotatable bonds is 5. The Morgan fingerprint density at radius 3 is 2.58 bits per heavy atom. The average molecular weight is 352 g/mol. The normalized spacial score (nSPS) is 18.4. The van der Waals surface area contributed by atoms with Crippen molar-refractivity contribution in [2.75, 3.05) is 26.2 Å². The fourth-order valence-corrected chi connectivity index (χ4v) is 3.37. The lowest BCUT2D eigenvalue weighted by molar-refractivity contribution is 0.0489. The zero-order valence-corrected chi connectivity index (χ0v) is 15.1. The van der Waals surface area contributed by atoms with Crippen LogP contribution in [0.4, 0.5) is 4.39 Å². The Morgan fingerprint density at radius 1 is 1.12 bits per heavy atom. The molecule has 1 amide bonds. The van der Waals surface area contributed by atoms with Gasteiger partial charge in [-0.05, 0) is 31.0 Å². The van der Waals surface area contributed by atoms with Crippen LogP contribution in [0.5, 0.6) is 0 Å². The van der Waals surface area contributed by atoms with Gasteiger partial charge in [-0.1, -0.05) is 54.6 Å². The van der Waals surface area contributed by atoms with Crippen molar-refractivity contribution < 1.29 is 9.18 Å². The van der Waals surface area contributed by atoms with Gasteiger partial charge in [-0.15, -0.1) is 0 Å². The van der Waals surface area contributed by atoms with E-state index >= 15 is 0 Å². The molecule has 0 aliphatic carbocycles. The summed E-state index contributed by atoms with van der Waals surface area (Å²) in [4.78, 5) is 16.8. The van der Waals surface area contributed by atoms with E-state index in [0.29, 0.717) is 6.54 Å². The number of halogens is 1. The lowest BCUT2D eigenvalue weighted by Crippen LogP contribution is -2.54. The highest BCUT2D eigenvalue weighted by molar-refractivity contribution is 5.94. The maximum Gasteiger partial charge on any atom is 0.257 e. The molecule has 3 nitrogen and oxygen atoms in total. The van der Waals surface area contributed by atoms with Crippen molar-refractivity contribution in [2.24, 2.45) is 0 Å². The maximum atomic E-state index is 13.9. The van der Waals surface area contributed by atoms with E-state index in [1.165, 1.54) is 11.6 Å². The third-order valence-corrected chi connectivity index (χ3v) is 4.80. The molecule has 1 heterocycles. The summed E-state index contributed by atoms with van der Waals surface area (Å²) in [5.74, 6) is -0.655. The Labute approximate surface area is 154 Å². The summed E-state index contributed by atoms with van der Waals surface area (Å²) in [5, 5.41) is 0. The van der Waals surface area contributed by atoms with E-state index in [0.717, 1.165) is 26.1 Å². The monoisotopic (exact) mass is 352 g/mol. The summed E-state index contributed by atoms with van der Waals surface area (Å²) in [6.07, 6.45) is 5.31. The van der Waals surface area contributed by atoms with Gasteiger partial charge in [0.2, 0.25) is 0 Å². The van der Waals surface area contributed by atoms with E-state index in [4.69, 9.17) is 0 Å². The molecular formula is C22H25FN2O. The van der Waals surface area contributed by atoms with E-state index in [1.807, 2.05) is 25.1 Å². The molecule has 1 aliphatic heterocycles. The summed E-state index contributed by atoms with van der Waals surface area (Å²) >= 11 is 0. The van der Waals surface area contributed by atoms with Crippen LogP contribution >= 0.6 is 0 Å². The highest BCUT2D eigenvalue weighted by Gasteiger charge is 2.28. The van der Waals surface area contributed by atoms with Crippen molar-refractivity contribution in [1.29, 1.82) is 0 Å². The molecule has 136 valence electrons. The van der Waals surface area contributed by atoms with Gasteiger partial charge < -0.3 is 4.90 Å². The number of amides is 1. The first-order chi connectivity index (χ1) is 12.6. The number of piperazine rings is 1. The molecule has 0 spiro atoms. The van der Waals surface area contributed by atoms with Crippen molar-refractivity contribution in [1.82, 2.24) is 9.80 Å². The summed E-state index contributed by atoms with van der Waals surface area (Å²) < 4.78 is 13.9. The second-order valence-electron chi connectivity index (χ2n) is 6.73. The third-order valence-electron chi connectivity index (χ3n) is 4.80. The number of carbonyl (C=O) groups is 1. The number of hydrogen-bond acceptors (Lipinski definition) is 2. The molecular weight excluding hydrogens is 327 g/mol. The Kier molecular flexibility index (Phi) is 6.18. The fraction of sp³-hybridized carbons (Fsp3) is 0.318. The van der Waals surface area contributed by atoms with Crippen LogP contribution in [-0.4, -0.2) is 47.9 Å². The summed E-state index contributed by atoms with van der Waals surface area (Å²) in [6.45, 7) is 5.28.